The number of aromatic hydroxyl groups is 1. The first-order valence-electron chi connectivity index (χ1n) is 10.3. The first kappa shape index (κ1) is 22.6. The summed E-state index contributed by atoms with van der Waals surface area (Å²) in [6.07, 6.45) is 1.30. The maximum atomic E-state index is 12.7. The largest absolute Gasteiger partial charge is 0.497 e. The number of fused-ring (bicyclic) bond motifs is 1. The average molecular weight is 463 g/mol. The van der Waals surface area contributed by atoms with Crippen LogP contribution in [0.5, 0.6) is 17.4 Å². The van der Waals surface area contributed by atoms with E-state index in [1.807, 2.05) is 0 Å². The summed E-state index contributed by atoms with van der Waals surface area (Å²) in [5.74, 6) is -0.678. The van der Waals surface area contributed by atoms with Crippen molar-refractivity contribution >= 4 is 29.0 Å². The molecule has 2 heterocycles. The number of esters is 1. The fourth-order valence-electron chi connectivity index (χ4n) is 3.62. The number of nitrogens with zero attached hydrogens (tertiary/aromatic N) is 2. The number of hydrogen-bond acceptors (Lipinski definition) is 8. The number of para-hydroxylation sites is 1. The van der Waals surface area contributed by atoms with Crippen molar-refractivity contribution in [3.63, 3.8) is 0 Å². The number of hydrogen-bond donors (Lipinski definition) is 2. The van der Waals surface area contributed by atoms with Crippen LogP contribution in [0.2, 0.25) is 0 Å². The Balaban J connectivity index is 1.97. The lowest BCUT2D eigenvalue weighted by molar-refractivity contribution is -0.134. The molecule has 0 unspecified atom stereocenters. The molecule has 0 aliphatic carbocycles. The van der Waals surface area contributed by atoms with Gasteiger partial charge in [0.2, 0.25) is 5.88 Å². The number of methoxy groups -OCH3 is 2. The third-order valence-electron chi connectivity index (χ3n) is 5.19. The van der Waals surface area contributed by atoms with E-state index in [9.17, 15) is 19.5 Å². The molecule has 0 radical (unpaired) electrons. The van der Waals surface area contributed by atoms with E-state index in [2.05, 4.69) is 9.98 Å². The topological polar surface area (TPSA) is 132 Å². The maximum absolute atomic E-state index is 12.7. The van der Waals surface area contributed by atoms with E-state index in [1.165, 1.54) is 26.4 Å². The molecule has 34 heavy (non-hydrogen) atoms. The van der Waals surface area contributed by atoms with Crippen LogP contribution in [0, 0.1) is 0 Å². The summed E-state index contributed by atoms with van der Waals surface area (Å²) in [5, 5.41) is 11.1. The van der Waals surface area contributed by atoms with Crippen LogP contribution in [0.15, 0.2) is 57.0 Å². The van der Waals surface area contributed by atoms with Crippen molar-refractivity contribution in [2.24, 2.45) is 4.99 Å². The highest BCUT2D eigenvalue weighted by Gasteiger charge is 2.28. The van der Waals surface area contributed by atoms with Gasteiger partial charge in [0.05, 0.1) is 32.2 Å². The Kier molecular flexibility index (Phi) is 6.05. The monoisotopic (exact) mass is 463 g/mol. The molecule has 0 fully saturated rings. The van der Waals surface area contributed by atoms with Crippen molar-refractivity contribution in [1.82, 2.24) is 9.55 Å². The minimum absolute atomic E-state index is 0.0152. The molecule has 1 aliphatic rings. The van der Waals surface area contributed by atoms with Crippen LogP contribution in [0.25, 0.3) is 17.3 Å². The SMILES string of the molecule is CCOC(=O)C1=Nc2ccccc2/C1=C\c1c(O)n(-c2cc(OC)ccc2OC)c(=O)[nH]c1=O. The highest BCUT2D eigenvalue weighted by Crippen LogP contribution is 2.37. The number of aromatic amines is 1. The van der Waals surface area contributed by atoms with E-state index >= 15 is 0 Å². The van der Waals surface area contributed by atoms with Gasteiger partial charge in [-0.15, -0.1) is 0 Å². The fraction of sp³-hybridized carbons (Fsp3) is 0.167. The molecule has 10 heteroatoms. The number of H-pyrrole nitrogens is 1. The van der Waals surface area contributed by atoms with Gasteiger partial charge in [0.1, 0.15) is 17.1 Å². The molecule has 0 saturated carbocycles. The summed E-state index contributed by atoms with van der Waals surface area (Å²) < 4.78 is 16.5. The van der Waals surface area contributed by atoms with E-state index in [0.717, 1.165) is 4.57 Å². The quantitative estimate of drug-likeness (QED) is 0.537. The highest BCUT2D eigenvalue weighted by molar-refractivity contribution is 6.58. The Labute approximate surface area is 193 Å². The smallest absolute Gasteiger partial charge is 0.357 e. The molecule has 0 saturated heterocycles. The molecule has 1 aromatic heterocycles. The lowest BCUT2D eigenvalue weighted by Gasteiger charge is -2.15. The predicted molar refractivity (Wildman–Crippen MR) is 125 cm³/mol. The van der Waals surface area contributed by atoms with Gasteiger partial charge >= 0.3 is 11.7 Å². The summed E-state index contributed by atoms with van der Waals surface area (Å²) >= 11 is 0. The molecule has 0 amide bonds. The number of aromatic nitrogens is 2. The molecule has 1 aliphatic heterocycles. The van der Waals surface area contributed by atoms with Crippen LogP contribution < -0.4 is 20.7 Å². The van der Waals surface area contributed by atoms with Crippen LogP contribution in [0.3, 0.4) is 0 Å². The zero-order valence-electron chi connectivity index (χ0n) is 18.6. The molecule has 3 aromatic rings. The van der Waals surface area contributed by atoms with Crippen molar-refractivity contribution < 1.29 is 24.1 Å². The Morgan fingerprint density at radius 3 is 2.62 bits per heavy atom. The summed E-state index contributed by atoms with van der Waals surface area (Å²) in [6.45, 7) is 1.80. The lowest BCUT2D eigenvalue weighted by atomic mass is 10.0. The van der Waals surface area contributed by atoms with E-state index in [4.69, 9.17) is 14.2 Å². The summed E-state index contributed by atoms with van der Waals surface area (Å²) in [6, 6.07) is 11.6. The van der Waals surface area contributed by atoms with Gasteiger partial charge in [-0.1, -0.05) is 18.2 Å². The molecule has 0 spiro atoms. The fourth-order valence-corrected chi connectivity index (χ4v) is 3.62. The lowest BCUT2D eigenvalue weighted by Crippen LogP contribution is -2.30. The standard InChI is InChI=1S/C24H21N3O7/c1-4-34-23(30)20-15(14-7-5-6-8-17(14)25-20)12-16-21(28)26-24(31)27(22(16)29)18-11-13(32-2)9-10-19(18)33-3/h5-12,29H,4H2,1-3H3,(H,26,28,31)/b15-12+. The number of aliphatic imine (C=N–C) groups is 1. The molecular formula is C24H21N3O7. The second-order valence-corrected chi connectivity index (χ2v) is 7.13. The molecular weight excluding hydrogens is 442 g/mol. The Morgan fingerprint density at radius 1 is 1.15 bits per heavy atom. The van der Waals surface area contributed by atoms with Crippen molar-refractivity contribution in [3.8, 4) is 23.1 Å². The highest BCUT2D eigenvalue weighted by atomic mass is 16.5. The molecule has 4 rings (SSSR count). The maximum Gasteiger partial charge on any atom is 0.357 e. The van der Waals surface area contributed by atoms with E-state index < -0.39 is 23.1 Å². The first-order chi connectivity index (χ1) is 16.4. The van der Waals surface area contributed by atoms with Gasteiger partial charge in [0, 0.05) is 17.2 Å². The molecule has 2 aromatic carbocycles. The van der Waals surface area contributed by atoms with Crippen LogP contribution in [-0.4, -0.2) is 47.2 Å². The first-order valence-corrected chi connectivity index (χ1v) is 10.3. The molecule has 2 N–H and O–H groups in total. The molecule has 10 nitrogen and oxygen atoms in total. The van der Waals surface area contributed by atoms with Gasteiger partial charge in [-0.3, -0.25) is 9.78 Å². The Hall–Kier alpha value is -4.60. The van der Waals surface area contributed by atoms with Gasteiger partial charge in [0.15, 0.2) is 5.71 Å². The Morgan fingerprint density at radius 2 is 1.91 bits per heavy atom. The number of rotatable bonds is 6. The zero-order chi connectivity index (χ0) is 24.4. The number of benzene rings is 2. The summed E-state index contributed by atoms with van der Waals surface area (Å²) in [4.78, 5) is 44.5. The van der Waals surface area contributed by atoms with Crippen LogP contribution in [0.4, 0.5) is 5.69 Å². The Bertz CT molecular complexity index is 1460. The summed E-state index contributed by atoms with van der Waals surface area (Å²) in [5.41, 5.74) is -0.504. The zero-order valence-corrected chi connectivity index (χ0v) is 18.6. The van der Waals surface area contributed by atoms with Gasteiger partial charge in [-0.25, -0.2) is 19.1 Å². The predicted octanol–water partition coefficient (Wildman–Crippen LogP) is 2.44. The van der Waals surface area contributed by atoms with E-state index in [1.54, 1.807) is 43.3 Å². The van der Waals surface area contributed by atoms with Gasteiger partial charge in [-0.05, 0) is 31.2 Å². The van der Waals surface area contributed by atoms with Crippen molar-refractivity contribution in [3.05, 3.63) is 74.4 Å². The van der Waals surface area contributed by atoms with Gasteiger partial charge < -0.3 is 19.3 Å². The normalized spacial score (nSPS) is 13.4. The third kappa shape index (κ3) is 3.85. The minimum atomic E-state index is -0.887. The third-order valence-corrected chi connectivity index (χ3v) is 5.19. The molecule has 174 valence electrons. The number of carbonyl (C=O) groups is 1. The van der Waals surface area contributed by atoms with Gasteiger partial charge in [0.25, 0.3) is 5.56 Å². The van der Waals surface area contributed by atoms with Gasteiger partial charge in [-0.2, -0.15) is 0 Å². The number of ether oxygens (including phenoxy) is 3. The molecule has 0 atom stereocenters. The van der Waals surface area contributed by atoms with Crippen LogP contribution in [-0.2, 0) is 9.53 Å². The average Bonchev–Trinajstić information content (AvgIpc) is 3.20. The second kappa shape index (κ2) is 9.10. The molecule has 0 bridgehead atoms. The van der Waals surface area contributed by atoms with Crippen molar-refractivity contribution in [1.29, 1.82) is 0 Å². The van der Waals surface area contributed by atoms with Crippen molar-refractivity contribution in [2.75, 3.05) is 20.8 Å². The second-order valence-electron chi connectivity index (χ2n) is 7.13. The number of carbonyl (C=O) groups excluding carboxylic acids is 1. The minimum Gasteiger partial charge on any atom is -0.497 e. The summed E-state index contributed by atoms with van der Waals surface area (Å²) in [7, 11) is 2.85. The van der Waals surface area contributed by atoms with Crippen LogP contribution >= 0.6 is 0 Å². The number of nitrogens with one attached hydrogen (secondary N) is 1. The van der Waals surface area contributed by atoms with Crippen LogP contribution in [0.1, 0.15) is 18.1 Å². The van der Waals surface area contributed by atoms with E-state index in [-0.39, 0.29) is 34.9 Å². The van der Waals surface area contributed by atoms with E-state index in [0.29, 0.717) is 17.0 Å². The van der Waals surface area contributed by atoms with Crippen molar-refractivity contribution in [2.45, 2.75) is 6.92 Å².